The van der Waals surface area contributed by atoms with Crippen molar-refractivity contribution in [3.8, 4) is 0 Å². The molecular weight excluding hydrogens is 626 g/mol. The molecule has 3 amide bonds. The standard InChI is InChI=1S/C28H45N5O10SSi/c1-15(26(2,3)4)45-33-17(12-40-25(38)39-11)20(22(33)36)30-21(35)19(32-41-13-18(34)42-27(5,6)7)16-14-44-23(29-16)31-24(37)43-28(8,9)10/h14-15,17,20H,12-13,45H2,1-11H3,(H,30,35)(H,29,31,37). The van der Waals surface area contributed by atoms with E-state index in [1.54, 1.807) is 46.1 Å². The zero-order valence-corrected chi connectivity index (χ0v) is 30.0. The molecule has 1 aromatic rings. The van der Waals surface area contributed by atoms with Crippen molar-refractivity contribution < 1.29 is 47.8 Å². The number of nitrogens with one attached hydrogen (secondary N) is 2. The summed E-state index contributed by atoms with van der Waals surface area (Å²) in [4.78, 5) is 72.4. The summed E-state index contributed by atoms with van der Waals surface area (Å²) in [5.74, 6) is -1.90. The SMILES string of the molecule is COC(=O)OCC1C(NC(=O)C(=NOCC(=O)OC(C)(C)C)c2csc(NC(=O)OC(C)(C)C)n2)C(=O)N1[SiH2]C(C)C(C)(C)C. The summed E-state index contributed by atoms with van der Waals surface area (Å²) >= 11 is 0.988. The second-order valence-corrected chi connectivity index (χ2v) is 16.6. The molecule has 0 radical (unpaired) electrons. The van der Waals surface area contributed by atoms with E-state index in [0.29, 0.717) is 0 Å². The first-order chi connectivity index (χ1) is 20.6. The lowest BCUT2D eigenvalue weighted by atomic mass is 9.93. The molecule has 1 saturated heterocycles. The topological polar surface area (TPSA) is 184 Å². The number of rotatable bonds is 11. The molecule has 1 fully saturated rings. The van der Waals surface area contributed by atoms with Crippen LogP contribution in [0.25, 0.3) is 0 Å². The highest BCUT2D eigenvalue weighted by atomic mass is 32.1. The van der Waals surface area contributed by atoms with Gasteiger partial charge in [0.15, 0.2) is 10.8 Å². The Bertz CT molecular complexity index is 1280. The van der Waals surface area contributed by atoms with Crippen LogP contribution >= 0.6 is 11.3 Å². The van der Waals surface area contributed by atoms with E-state index in [-0.39, 0.29) is 40.0 Å². The largest absolute Gasteiger partial charge is 0.508 e. The quantitative estimate of drug-likeness (QED) is 0.0881. The number of methoxy groups -OCH3 is 1. The number of carbonyl (C=O) groups excluding carboxylic acids is 5. The summed E-state index contributed by atoms with van der Waals surface area (Å²) in [5, 5.41) is 10.5. The van der Waals surface area contributed by atoms with Gasteiger partial charge >= 0.3 is 18.2 Å². The normalized spacial score (nSPS) is 18.2. The predicted octanol–water partition coefficient (Wildman–Crippen LogP) is 2.97. The van der Waals surface area contributed by atoms with Crippen molar-refractivity contribution in [2.45, 2.75) is 98.1 Å². The fraction of sp³-hybridized carbons (Fsp3) is 0.679. The molecule has 3 atom stereocenters. The van der Waals surface area contributed by atoms with Gasteiger partial charge in [-0.3, -0.25) is 14.9 Å². The van der Waals surface area contributed by atoms with E-state index < -0.39 is 63.7 Å². The van der Waals surface area contributed by atoms with Gasteiger partial charge in [0.1, 0.15) is 39.2 Å². The molecular formula is C28H45N5O10SSi. The number of β-lactam (4-membered cyclic amide) rings is 1. The second kappa shape index (κ2) is 15.0. The van der Waals surface area contributed by atoms with Gasteiger partial charge in [0, 0.05) is 5.38 Å². The molecule has 1 aliphatic heterocycles. The van der Waals surface area contributed by atoms with Gasteiger partial charge in [-0.15, -0.1) is 11.3 Å². The Morgan fingerprint density at radius 3 is 2.24 bits per heavy atom. The van der Waals surface area contributed by atoms with Crippen molar-refractivity contribution in [2.75, 3.05) is 25.6 Å². The molecule has 2 heterocycles. The fourth-order valence-electron chi connectivity index (χ4n) is 3.72. The maximum absolute atomic E-state index is 13.6. The first-order valence-corrected chi connectivity index (χ1v) is 16.6. The van der Waals surface area contributed by atoms with Crippen LogP contribution in [0.2, 0.25) is 5.54 Å². The minimum absolute atomic E-state index is 0.00512. The van der Waals surface area contributed by atoms with Gasteiger partial charge in [-0.2, -0.15) is 0 Å². The molecule has 15 nitrogen and oxygen atoms in total. The van der Waals surface area contributed by atoms with Crippen LogP contribution in [0, 0.1) is 5.41 Å². The number of esters is 1. The number of anilines is 1. The Balaban J connectivity index is 2.31. The van der Waals surface area contributed by atoms with Crippen molar-refractivity contribution in [3.63, 3.8) is 0 Å². The third kappa shape index (κ3) is 11.9. The summed E-state index contributed by atoms with van der Waals surface area (Å²) in [7, 11) is 0.00306. The van der Waals surface area contributed by atoms with Crippen LogP contribution in [0.15, 0.2) is 10.5 Å². The van der Waals surface area contributed by atoms with Crippen molar-refractivity contribution in [1.82, 2.24) is 14.9 Å². The maximum Gasteiger partial charge on any atom is 0.508 e. The van der Waals surface area contributed by atoms with E-state index >= 15 is 0 Å². The molecule has 252 valence electrons. The lowest BCUT2D eigenvalue weighted by Crippen LogP contribution is -2.74. The van der Waals surface area contributed by atoms with Crippen LogP contribution in [-0.2, 0) is 38.2 Å². The Labute approximate surface area is 269 Å². The highest BCUT2D eigenvalue weighted by Gasteiger charge is 2.50. The van der Waals surface area contributed by atoms with Crippen LogP contribution in [-0.4, -0.2) is 98.6 Å². The minimum Gasteiger partial charge on any atom is -0.457 e. The molecule has 1 aromatic heterocycles. The third-order valence-corrected chi connectivity index (χ3v) is 10.1. The number of oxime groups is 1. The van der Waals surface area contributed by atoms with Gasteiger partial charge < -0.3 is 33.7 Å². The number of amides is 3. The zero-order valence-electron chi connectivity index (χ0n) is 27.8. The highest BCUT2D eigenvalue weighted by Crippen LogP contribution is 2.33. The first kappa shape index (κ1) is 37.5. The summed E-state index contributed by atoms with van der Waals surface area (Å²) in [6, 6.07) is -1.68. The van der Waals surface area contributed by atoms with Crippen molar-refractivity contribution in [2.24, 2.45) is 10.6 Å². The molecule has 2 rings (SSSR count). The van der Waals surface area contributed by atoms with E-state index in [9.17, 15) is 24.0 Å². The summed E-state index contributed by atoms with van der Waals surface area (Å²) in [5.41, 5.74) is -1.75. The van der Waals surface area contributed by atoms with E-state index in [0.717, 1.165) is 11.3 Å². The van der Waals surface area contributed by atoms with Crippen molar-refractivity contribution in [1.29, 1.82) is 0 Å². The van der Waals surface area contributed by atoms with Crippen molar-refractivity contribution >= 4 is 61.9 Å². The van der Waals surface area contributed by atoms with Crippen LogP contribution in [0.5, 0.6) is 0 Å². The smallest absolute Gasteiger partial charge is 0.457 e. The van der Waals surface area contributed by atoms with E-state index in [2.05, 4.69) is 53.2 Å². The maximum atomic E-state index is 13.6. The number of thiazole rings is 1. The van der Waals surface area contributed by atoms with Crippen LogP contribution < -0.4 is 10.6 Å². The molecule has 45 heavy (non-hydrogen) atoms. The number of hydrogen-bond donors (Lipinski definition) is 2. The Morgan fingerprint density at radius 1 is 1.07 bits per heavy atom. The second-order valence-electron chi connectivity index (χ2n) is 13.5. The Morgan fingerprint density at radius 2 is 1.69 bits per heavy atom. The molecule has 0 bridgehead atoms. The Hall–Kier alpha value is -3.73. The molecule has 0 spiro atoms. The number of hydrogen-bond acceptors (Lipinski definition) is 13. The summed E-state index contributed by atoms with van der Waals surface area (Å²) < 4.78 is 21.8. The fourth-order valence-corrected chi connectivity index (χ4v) is 6.50. The summed E-state index contributed by atoms with van der Waals surface area (Å²) in [6.07, 6.45) is -1.68. The third-order valence-electron chi connectivity index (χ3n) is 6.44. The van der Waals surface area contributed by atoms with Gasteiger partial charge in [-0.1, -0.05) is 32.9 Å². The molecule has 0 saturated carbocycles. The van der Waals surface area contributed by atoms with E-state index in [4.69, 9.17) is 19.0 Å². The Kier molecular flexibility index (Phi) is 12.5. The molecule has 17 heteroatoms. The predicted molar refractivity (Wildman–Crippen MR) is 169 cm³/mol. The average molecular weight is 672 g/mol. The molecule has 0 aromatic carbocycles. The van der Waals surface area contributed by atoms with Gasteiger partial charge in [0.25, 0.3) is 5.91 Å². The minimum atomic E-state index is -1.17. The molecule has 2 N–H and O–H groups in total. The van der Waals surface area contributed by atoms with Gasteiger partial charge in [0.05, 0.1) is 13.2 Å². The van der Waals surface area contributed by atoms with Gasteiger partial charge in [-0.05, 0) is 52.5 Å². The van der Waals surface area contributed by atoms with E-state index in [1.165, 1.54) is 12.5 Å². The number of ether oxygens (including phenoxy) is 4. The lowest BCUT2D eigenvalue weighted by Gasteiger charge is -2.49. The van der Waals surface area contributed by atoms with Crippen LogP contribution in [0.1, 0.15) is 74.9 Å². The zero-order chi connectivity index (χ0) is 34.3. The van der Waals surface area contributed by atoms with Gasteiger partial charge in [0.2, 0.25) is 12.5 Å². The number of nitrogens with zero attached hydrogens (tertiary/aromatic N) is 3. The average Bonchev–Trinajstić information content (AvgIpc) is 3.33. The first-order valence-electron chi connectivity index (χ1n) is 14.3. The number of carbonyl (C=O) groups is 5. The molecule has 1 aliphatic rings. The highest BCUT2D eigenvalue weighted by molar-refractivity contribution is 7.14. The van der Waals surface area contributed by atoms with Crippen LogP contribution in [0.4, 0.5) is 14.7 Å². The van der Waals surface area contributed by atoms with Crippen LogP contribution in [0.3, 0.4) is 0 Å². The van der Waals surface area contributed by atoms with E-state index in [1.807, 2.05) is 0 Å². The molecule has 0 aliphatic carbocycles. The molecule has 3 unspecified atom stereocenters. The summed E-state index contributed by atoms with van der Waals surface area (Å²) in [6.45, 7) is 17.7. The number of aromatic nitrogens is 1. The lowest BCUT2D eigenvalue weighted by molar-refractivity contribution is -0.160. The van der Waals surface area contributed by atoms with Crippen molar-refractivity contribution in [3.05, 3.63) is 11.1 Å². The van der Waals surface area contributed by atoms with Gasteiger partial charge in [-0.25, -0.2) is 19.4 Å². The monoisotopic (exact) mass is 671 g/mol.